The number of carbonyl (C=O) groups excluding carboxylic acids is 1. The highest BCUT2D eigenvalue weighted by Gasteiger charge is 2.57. The van der Waals surface area contributed by atoms with Crippen molar-refractivity contribution in [2.45, 2.75) is 76.9 Å². The Kier molecular flexibility index (Phi) is 4.12. The summed E-state index contributed by atoms with van der Waals surface area (Å²) in [5, 5.41) is 21.0. The molecule has 0 heterocycles. The van der Waals surface area contributed by atoms with Crippen LogP contribution >= 0.6 is 0 Å². The minimum absolute atomic E-state index is 0.161. The fourth-order valence-electron chi connectivity index (χ4n) is 4.67. The first-order valence-corrected chi connectivity index (χ1v) is 8.81. The zero-order valence-electron chi connectivity index (χ0n) is 13.8. The number of aliphatic hydroxyl groups excluding tert-OH is 1. The number of fused-ring (bicyclic) bond motifs is 1. The molecule has 0 aliphatic heterocycles. The van der Waals surface area contributed by atoms with E-state index in [4.69, 9.17) is 0 Å². The molecule has 0 aromatic carbocycles. The third-order valence-electron chi connectivity index (χ3n) is 6.56. The topological polar surface area (TPSA) is 57.5 Å². The predicted molar refractivity (Wildman–Crippen MR) is 84.9 cm³/mol. The third kappa shape index (κ3) is 2.61. The van der Waals surface area contributed by atoms with Crippen LogP contribution in [0, 0.1) is 35.0 Å². The van der Waals surface area contributed by atoms with Crippen LogP contribution in [-0.2, 0) is 4.79 Å². The minimum atomic E-state index is -0.970. The normalized spacial score (nSPS) is 41.6. The van der Waals surface area contributed by atoms with Crippen molar-refractivity contribution in [1.29, 1.82) is 0 Å². The molecule has 5 atom stereocenters. The van der Waals surface area contributed by atoms with E-state index in [0.29, 0.717) is 18.6 Å². The Morgan fingerprint density at radius 2 is 1.91 bits per heavy atom. The van der Waals surface area contributed by atoms with Gasteiger partial charge in [-0.3, -0.25) is 4.79 Å². The van der Waals surface area contributed by atoms with Gasteiger partial charge in [-0.25, -0.2) is 0 Å². The molecule has 122 valence electrons. The van der Waals surface area contributed by atoms with Gasteiger partial charge in [0.05, 0.1) is 12.0 Å². The first-order valence-electron chi connectivity index (χ1n) is 8.81. The van der Waals surface area contributed by atoms with E-state index >= 15 is 0 Å². The number of ketones is 1. The summed E-state index contributed by atoms with van der Waals surface area (Å²) in [5.41, 5.74) is -1.25. The van der Waals surface area contributed by atoms with Gasteiger partial charge in [-0.1, -0.05) is 38.0 Å². The summed E-state index contributed by atoms with van der Waals surface area (Å²) in [6.45, 7) is 3.83. The lowest BCUT2D eigenvalue weighted by molar-refractivity contribution is -0.156. The van der Waals surface area contributed by atoms with E-state index in [2.05, 4.69) is 11.8 Å². The molecule has 0 aromatic heterocycles. The van der Waals surface area contributed by atoms with E-state index < -0.39 is 11.7 Å². The molecule has 3 aliphatic rings. The first kappa shape index (κ1) is 16.0. The maximum absolute atomic E-state index is 11.9. The van der Waals surface area contributed by atoms with Crippen molar-refractivity contribution < 1.29 is 15.0 Å². The Labute approximate surface area is 133 Å². The summed E-state index contributed by atoms with van der Waals surface area (Å²) in [5.74, 6) is 6.82. The van der Waals surface area contributed by atoms with Crippen molar-refractivity contribution in [3.8, 4) is 11.8 Å². The maximum Gasteiger partial charge on any atom is 0.139 e. The van der Waals surface area contributed by atoms with Gasteiger partial charge in [0.2, 0.25) is 0 Å². The molecule has 3 saturated carbocycles. The van der Waals surface area contributed by atoms with Crippen molar-refractivity contribution >= 4 is 5.78 Å². The number of rotatable bonds is 1. The first-order chi connectivity index (χ1) is 10.3. The average molecular weight is 304 g/mol. The smallest absolute Gasteiger partial charge is 0.139 e. The van der Waals surface area contributed by atoms with Crippen molar-refractivity contribution in [2.75, 3.05) is 0 Å². The fourth-order valence-corrected chi connectivity index (χ4v) is 4.67. The highest BCUT2D eigenvalue weighted by atomic mass is 16.3. The van der Waals surface area contributed by atoms with Gasteiger partial charge in [0.1, 0.15) is 11.4 Å². The quantitative estimate of drug-likeness (QED) is 0.732. The second kappa shape index (κ2) is 5.65. The van der Waals surface area contributed by atoms with E-state index in [0.717, 1.165) is 19.3 Å². The number of carbonyl (C=O) groups is 1. The van der Waals surface area contributed by atoms with E-state index in [1.165, 1.54) is 19.3 Å². The van der Waals surface area contributed by atoms with Crippen LogP contribution in [0.3, 0.4) is 0 Å². The van der Waals surface area contributed by atoms with Crippen LogP contribution in [0.15, 0.2) is 0 Å². The molecular formula is C19H28O3. The van der Waals surface area contributed by atoms with Gasteiger partial charge in [0, 0.05) is 11.8 Å². The molecule has 0 bridgehead atoms. The van der Waals surface area contributed by atoms with Gasteiger partial charge >= 0.3 is 0 Å². The van der Waals surface area contributed by atoms with Crippen LogP contribution in [0.4, 0.5) is 0 Å². The van der Waals surface area contributed by atoms with Crippen molar-refractivity contribution in [3.05, 3.63) is 0 Å². The third-order valence-corrected chi connectivity index (χ3v) is 6.56. The molecule has 2 N–H and O–H groups in total. The monoisotopic (exact) mass is 304 g/mol. The highest BCUT2D eigenvalue weighted by Crippen LogP contribution is 2.54. The van der Waals surface area contributed by atoms with Crippen LogP contribution < -0.4 is 0 Å². The van der Waals surface area contributed by atoms with Crippen molar-refractivity contribution in [1.82, 2.24) is 0 Å². The molecule has 0 aromatic rings. The summed E-state index contributed by atoms with van der Waals surface area (Å²) in [6, 6.07) is 0. The molecule has 22 heavy (non-hydrogen) atoms. The van der Waals surface area contributed by atoms with Crippen LogP contribution in [0.2, 0.25) is 0 Å². The molecular weight excluding hydrogens is 276 g/mol. The Morgan fingerprint density at radius 1 is 1.23 bits per heavy atom. The zero-order chi connectivity index (χ0) is 16.0. The summed E-state index contributed by atoms with van der Waals surface area (Å²) in [7, 11) is 0. The van der Waals surface area contributed by atoms with E-state index in [9.17, 15) is 15.0 Å². The Bertz CT molecular complexity index is 507. The van der Waals surface area contributed by atoms with Gasteiger partial charge in [-0.2, -0.15) is 0 Å². The molecule has 3 fully saturated rings. The standard InChI is InChI=1S/C19H28O3/c1-18-10-9-16(20)14(15(18)12-17(18)21)8-11-19(2,22)13-6-4-3-5-7-13/h13-16,20,22H,3-7,9-10,12H2,1-2H3/t14-,15-,16-,18+,19-/m1/s1. The van der Waals surface area contributed by atoms with E-state index in [1.807, 2.05) is 13.8 Å². The van der Waals surface area contributed by atoms with Gasteiger partial charge in [0.15, 0.2) is 0 Å². The van der Waals surface area contributed by atoms with E-state index in [-0.39, 0.29) is 23.2 Å². The van der Waals surface area contributed by atoms with Crippen LogP contribution in [-0.4, -0.2) is 27.7 Å². The molecule has 3 nitrogen and oxygen atoms in total. The summed E-state index contributed by atoms with van der Waals surface area (Å²) >= 11 is 0. The van der Waals surface area contributed by atoms with Crippen LogP contribution in [0.25, 0.3) is 0 Å². The largest absolute Gasteiger partial charge is 0.392 e. The van der Waals surface area contributed by atoms with Crippen molar-refractivity contribution in [2.24, 2.45) is 23.2 Å². The molecule has 3 aliphatic carbocycles. The Balaban J connectivity index is 1.75. The van der Waals surface area contributed by atoms with Crippen molar-refractivity contribution in [3.63, 3.8) is 0 Å². The van der Waals surface area contributed by atoms with Gasteiger partial charge in [-0.15, -0.1) is 0 Å². The Morgan fingerprint density at radius 3 is 2.55 bits per heavy atom. The zero-order valence-corrected chi connectivity index (χ0v) is 13.8. The summed E-state index contributed by atoms with van der Waals surface area (Å²) < 4.78 is 0. The maximum atomic E-state index is 11.9. The molecule has 0 spiro atoms. The SMILES string of the molecule is C[C@@](O)(C#C[C@H]1[C@H](O)CC[C@]2(C)C(=O)C[C@H]12)C1CCCCC1. The molecule has 3 heteroatoms. The Hall–Kier alpha value is -0.850. The lowest BCUT2D eigenvalue weighted by Crippen LogP contribution is -2.56. The van der Waals surface area contributed by atoms with Gasteiger partial charge in [-0.05, 0) is 44.4 Å². The van der Waals surface area contributed by atoms with Crippen LogP contribution in [0.1, 0.15) is 65.2 Å². The number of hydrogen-bond acceptors (Lipinski definition) is 3. The average Bonchev–Trinajstić information content (AvgIpc) is 2.51. The fraction of sp³-hybridized carbons (Fsp3) is 0.842. The highest BCUT2D eigenvalue weighted by molar-refractivity contribution is 5.91. The van der Waals surface area contributed by atoms with Gasteiger partial charge < -0.3 is 10.2 Å². The predicted octanol–water partition coefficient (Wildman–Crippen LogP) is 2.69. The lowest BCUT2D eigenvalue weighted by Gasteiger charge is -2.53. The number of aliphatic hydroxyl groups is 2. The number of hydrogen-bond donors (Lipinski definition) is 2. The second-order valence-electron chi connectivity index (χ2n) is 8.03. The molecule has 0 unspecified atom stereocenters. The minimum Gasteiger partial charge on any atom is -0.392 e. The lowest BCUT2D eigenvalue weighted by atomic mass is 9.50. The molecule has 0 saturated heterocycles. The van der Waals surface area contributed by atoms with Gasteiger partial charge in [0.25, 0.3) is 0 Å². The summed E-state index contributed by atoms with van der Waals surface area (Å²) in [6.07, 6.45) is 7.16. The van der Waals surface area contributed by atoms with Crippen LogP contribution in [0.5, 0.6) is 0 Å². The van der Waals surface area contributed by atoms with E-state index in [1.54, 1.807) is 0 Å². The number of Topliss-reactive ketones (excluding diaryl/α,β-unsaturated/α-hetero) is 1. The summed E-state index contributed by atoms with van der Waals surface area (Å²) in [4.78, 5) is 11.9. The molecule has 0 amide bonds. The molecule has 3 rings (SSSR count). The molecule has 0 radical (unpaired) electrons. The second-order valence-corrected chi connectivity index (χ2v) is 8.03.